The van der Waals surface area contributed by atoms with Gasteiger partial charge in [0.15, 0.2) is 11.6 Å². The lowest BCUT2D eigenvalue weighted by atomic mass is 10.1. The zero-order valence-corrected chi connectivity index (χ0v) is 18.0. The average molecular weight is 434 g/mol. The molecule has 0 spiro atoms. The molecule has 1 unspecified atom stereocenters. The van der Waals surface area contributed by atoms with Gasteiger partial charge in [-0.3, -0.25) is 0 Å². The molecule has 3 heterocycles. The van der Waals surface area contributed by atoms with Crippen molar-refractivity contribution in [3.8, 4) is 17.0 Å². The SMILES string of the molecule is CC1CCN(c2cc(-c3ccccc3O)nnc2N)CCN1c1ccnc(/C=C/CO)n1. The zero-order valence-electron chi connectivity index (χ0n) is 18.0. The Morgan fingerprint density at radius 1 is 1.16 bits per heavy atom. The van der Waals surface area contributed by atoms with Gasteiger partial charge in [-0.05, 0) is 43.7 Å². The first-order valence-corrected chi connectivity index (χ1v) is 10.6. The van der Waals surface area contributed by atoms with Crippen LogP contribution in [-0.4, -0.2) is 62.7 Å². The molecule has 0 aliphatic carbocycles. The summed E-state index contributed by atoms with van der Waals surface area (Å²) in [6.07, 6.45) is 5.97. The molecular weight excluding hydrogens is 406 g/mol. The van der Waals surface area contributed by atoms with Crippen LogP contribution in [0.5, 0.6) is 5.75 Å². The number of nitrogen functional groups attached to an aromatic ring is 1. The Kier molecular flexibility index (Phi) is 6.46. The van der Waals surface area contributed by atoms with Crippen LogP contribution in [0.1, 0.15) is 19.2 Å². The second-order valence-electron chi connectivity index (χ2n) is 7.69. The average Bonchev–Trinajstić information content (AvgIpc) is 3.00. The highest BCUT2D eigenvalue weighted by atomic mass is 16.3. The summed E-state index contributed by atoms with van der Waals surface area (Å²) >= 11 is 0. The lowest BCUT2D eigenvalue weighted by Crippen LogP contribution is -2.35. The van der Waals surface area contributed by atoms with Crippen LogP contribution in [0.15, 0.2) is 48.7 Å². The quantitative estimate of drug-likeness (QED) is 0.556. The van der Waals surface area contributed by atoms with Crippen LogP contribution in [0, 0.1) is 0 Å². The van der Waals surface area contributed by atoms with Crippen LogP contribution in [-0.2, 0) is 0 Å². The van der Waals surface area contributed by atoms with Crippen molar-refractivity contribution in [2.75, 3.05) is 41.8 Å². The van der Waals surface area contributed by atoms with E-state index in [1.807, 2.05) is 24.3 Å². The van der Waals surface area contributed by atoms with E-state index < -0.39 is 0 Å². The molecule has 1 aliphatic heterocycles. The summed E-state index contributed by atoms with van der Waals surface area (Å²) in [6.45, 7) is 4.40. The molecule has 2 aromatic heterocycles. The van der Waals surface area contributed by atoms with E-state index in [-0.39, 0.29) is 18.4 Å². The minimum atomic E-state index is -0.0488. The number of hydrogen-bond acceptors (Lipinski definition) is 9. The minimum absolute atomic E-state index is 0.0488. The molecule has 9 heteroatoms. The third-order valence-electron chi connectivity index (χ3n) is 5.61. The van der Waals surface area contributed by atoms with Gasteiger partial charge in [-0.1, -0.05) is 18.2 Å². The normalized spacial score (nSPS) is 17.0. The van der Waals surface area contributed by atoms with E-state index in [1.165, 1.54) is 0 Å². The Balaban J connectivity index is 1.57. The van der Waals surface area contributed by atoms with Gasteiger partial charge < -0.3 is 25.7 Å². The van der Waals surface area contributed by atoms with E-state index in [0.29, 0.717) is 22.9 Å². The molecule has 166 valence electrons. The van der Waals surface area contributed by atoms with Gasteiger partial charge in [0.1, 0.15) is 11.6 Å². The topological polar surface area (TPSA) is 125 Å². The fourth-order valence-electron chi connectivity index (χ4n) is 3.87. The summed E-state index contributed by atoms with van der Waals surface area (Å²) in [4.78, 5) is 13.3. The third-order valence-corrected chi connectivity index (χ3v) is 5.61. The molecule has 1 aromatic carbocycles. The Bertz CT molecular complexity index is 1110. The van der Waals surface area contributed by atoms with Crippen molar-refractivity contribution in [3.05, 3.63) is 54.5 Å². The zero-order chi connectivity index (χ0) is 22.5. The summed E-state index contributed by atoms with van der Waals surface area (Å²) in [5.41, 5.74) is 8.20. The number of para-hydroxylation sites is 1. The molecule has 1 atom stereocenters. The molecule has 1 aliphatic rings. The van der Waals surface area contributed by atoms with E-state index in [1.54, 1.807) is 30.5 Å². The van der Waals surface area contributed by atoms with Gasteiger partial charge in [-0.2, -0.15) is 0 Å². The van der Waals surface area contributed by atoms with Gasteiger partial charge in [0.25, 0.3) is 0 Å². The number of anilines is 3. The highest BCUT2D eigenvalue weighted by Gasteiger charge is 2.24. The summed E-state index contributed by atoms with van der Waals surface area (Å²) in [5, 5.41) is 27.5. The number of aromatic nitrogens is 4. The molecule has 1 fully saturated rings. The van der Waals surface area contributed by atoms with E-state index >= 15 is 0 Å². The van der Waals surface area contributed by atoms with Crippen LogP contribution in [0.2, 0.25) is 0 Å². The van der Waals surface area contributed by atoms with Crippen molar-refractivity contribution in [1.82, 2.24) is 20.2 Å². The number of aliphatic hydroxyl groups excluding tert-OH is 1. The van der Waals surface area contributed by atoms with Crippen LogP contribution in [0.25, 0.3) is 17.3 Å². The Morgan fingerprint density at radius 2 is 2.00 bits per heavy atom. The Morgan fingerprint density at radius 3 is 2.81 bits per heavy atom. The van der Waals surface area contributed by atoms with Crippen molar-refractivity contribution >= 4 is 23.4 Å². The lowest BCUT2D eigenvalue weighted by molar-refractivity contribution is 0.343. The van der Waals surface area contributed by atoms with Gasteiger partial charge >= 0.3 is 0 Å². The summed E-state index contributed by atoms with van der Waals surface area (Å²) < 4.78 is 0. The molecule has 32 heavy (non-hydrogen) atoms. The van der Waals surface area contributed by atoms with Gasteiger partial charge in [0, 0.05) is 37.4 Å². The number of benzene rings is 1. The van der Waals surface area contributed by atoms with E-state index in [0.717, 1.165) is 37.6 Å². The second-order valence-corrected chi connectivity index (χ2v) is 7.69. The van der Waals surface area contributed by atoms with E-state index in [4.69, 9.17) is 10.8 Å². The molecule has 0 saturated carbocycles. The second kappa shape index (κ2) is 9.61. The van der Waals surface area contributed by atoms with Crippen molar-refractivity contribution < 1.29 is 10.2 Å². The molecule has 4 rings (SSSR count). The van der Waals surface area contributed by atoms with Crippen LogP contribution < -0.4 is 15.5 Å². The molecule has 0 bridgehead atoms. The molecule has 9 nitrogen and oxygen atoms in total. The molecule has 3 aromatic rings. The summed E-state index contributed by atoms with van der Waals surface area (Å²) in [7, 11) is 0. The number of aliphatic hydroxyl groups is 1. The largest absolute Gasteiger partial charge is 0.507 e. The first-order valence-electron chi connectivity index (χ1n) is 10.6. The fraction of sp³-hybridized carbons (Fsp3) is 0.304. The van der Waals surface area contributed by atoms with Crippen molar-refractivity contribution in [2.45, 2.75) is 19.4 Å². The molecule has 0 radical (unpaired) electrons. The monoisotopic (exact) mass is 433 g/mol. The van der Waals surface area contributed by atoms with Crippen molar-refractivity contribution in [1.29, 1.82) is 0 Å². The van der Waals surface area contributed by atoms with Gasteiger partial charge in [-0.15, -0.1) is 10.2 Å². The molecular formula is C23H27N7O2. The number of phenols is 1. The first kappa shape index (κ1) is 21.5. The molecule has 0 amide bonds. The fourth-order valence-corrected chi connectivity index (χ4v) is 3.87. The number of nitrogens with zero attached hydrogens (tertiary/aromatic N) is 6. The minimum Gasteiger partial charge on any atom is -0.507 e. The number of nitrogens with two attached hydrogens (primary N) is 1. The highest BCUT2D eigenvalue weighted by Crippen LogP contribution is 2.32. The van der Waals surface area contributed by atoms with Crippen LogP contribution in [0.4, 0.5) is 17.3 Å². The molecule has 1 saturated heterocycles. The van der Waals surface area contributed by atoms with E-state index in [9.17, 15) is 5.11 Å². The standard InChI is InChI=1S/C23H27N7O2/c1-16-9-11-29(12-13-30(16)22-8-10-25-21(26-22)7-4-14-31)19-15-18(27-28-23(19)24)17-5-2-3-6-20(17)32/h2-8,10,15-16,31-32H,9,11-14H2,1H3,(H2,24,28)/b7-4+. The Hall–Kier alpha value is -3.72. The molecule has 4 N–H and O–H groups in total. The smallest absolute Gasteiger partial charge is 0.169 e. The predicted molar refractivity (Wildman–Crippen MR) is 125 cm³/mol. The lowest BCUT2D eigenvalue weighted by Gasteiger charge is -2.28. The van der Waals surface area contributed by atoms with Gasteiger partial charge in [0.2, 0.25) is 0 Å². The number of phenolic OH excluding ortho intramolecular Hbond substituents is 1. The Labute approximate surface area is 186 Å². The van der Waals surface area contributed by atoms with Crippen LogP contribution >= 0.6 is 0 Å². The number of rotatable bonds is 5. The summed E-state index contributed by atoms with van der Waals surface area (Å²) in [5.74, 6) is 1.94. The van der Waals surface area contributed by atoms with Gasteiger partial charge in [-0.25, -0.2) is 9.97 Å². The number of aromatic hydroxyl groups is 1. The van der Waals surface area contributed by atoms with Crippen molar-refractivity contribution in [2.24, 2.45) is 0 Å². The predicted octanol–water partition coefficient (Wildman–Crippen LogP) is 2.33. The van der Waals surface area contributed by atoms with Crippen LogP contribution in [0.3, 0.4) is 0 Å². The maximum Gasteiger partial charge on any atom is 0.169 e. The number of hydrogen-bond donors (Lipinski definition) is 3. The van der Waals surface area contributed by atoms with Crippen molar-refractivity contribution in [3.63, 3.8) is 0 Å². The maximum absolute atomic E-state index is 10.2. The van der Waals surface area contributed by atoms with E-state index in [2.05, 4.69) is 36.9 Å². The summed E-state index contributed by atoms with van der Waals surface area (Å²) in [6, 6.07) is 11.1. The first-order chi connectivity index (χ1) is 15.6. The highest BCUT2D eigenvalue weighted by molar-refractivity contribution is 5.74. The third kappa shape index (κ3) is 4.62. The van der Waals surface area contributed by atoms with Gasteiger partial charge in [0.05, 0.1) is 18.0 Å². The maximum atomic E-state index is 10.2.